The van der Waals surface area contributed by atoms with Crippen molar-refractivity contribution in [2.24, 2.45) is 5.73 Å². The lowest BCUT2D eigenvalue weighted by Crippen LogP contribution is -2.42. The first-order chi connectivity index (χ1) is 14.8. The fourth-order valence-electron chi connectivity index (χ4n) is 3.52. The Kier molecular flexibility index (Phi) is 9.30. The normalized spacial score (nSPS) is 17.5. The van der Waals surface area contributed by atoms with Gasteiger partial charge in [0.25, 0.3) is 0 Å². The van der Waals surface area contributed by atoms with E-state index in [0.717, 1.165) is 18.5 Å². The van der Waals surface area contributed by atoms with E-state index >= 15 is 0 Å². The number of aliphatic carboxylic acids is 1. The van der Waals surface area contributed by atoms with Crippen molar-refractivity contribution in [3.8, 4) is 11.5 Å². The number of carbonyl (C=O) groups excluding carboxylic acids is 1. The molecule has 3 rings (SSSR count). The summed E-state index contributed by atoms with van der Waals surface area (Å²) >= 11 is 0. The van der Waals surface area contributed by atoms with Crippen molar-refractivity contribution in [3.63, 3.8) is 0 Å². The highest BCUT2D eigenvalue weighted by Gasteiger charge is 2.31. The van der Waals surface area contributed by atoms with E-state index < -0.39 is 12.0 Å². The molecule has 6 N–H and O–H groups in total. The Morgan fingerprint density at radius 1 is 1.13 bits per heavy atom. The van der Waals surface area contributed by atoms with Gasteiger partial charge in [0.15, 0.2) is 11.5 Å². The van der Waals surface area contributed by atoms with Crippen molar-refractivity contribution >= 4 is 11.9 Å². The van der Waals surface area contributed by atoms with Crippen LogP contribution in [0.25, 0.3) is 0 Å². The maximum Gasteiger partial charge on any atom is 0.320 e. The zero-order chi connectivity index (χ0) is 22.8. The zero-order valence-corrected chi connectivity index (χ0v) is 17.5. The summed E-state index contributed by atoms with van der Waals surface area (Å²) in [6, 6.07) is 13.2. The molecule has 3 atom stereocenters. The molecule has 0 saturated carbocycles. The number of aromatic hydroxyl groups is 2. The second kappa shape index (κ2) is 11.9. The minimum absolute atomic E-state index is 0.114. The summed E-state index contributed by atoms with van der Waals surface area (Å²) in [7, 11) is 1.46. The van der Waals surface area contributed by atoms with E-state index in [4.69, 9.17) is 25.8 Å². The largest absolute Gasteiger partial charge is 0.504 e. The van der Waals surface area contributed by atoms with Crippen LogP contribution >= 0.6 is 0 Å². The molecule has 1 heterocycles. The number of phenols is 2. The highest BCUT2D eigenvalue weighted by molar-refractivity contribution is 5.79. The number of esters is 1. The first kappa shape index (κ1) is 24.2. The van der Waals surface area contributed by atoms with Crippen LogP contribution in [0.2, 0.25) is 0 Å². The molecule has 2 aromatic rings. The molecule has 0 radical (unpaired) electrons. The van der Waals surface area contributed by atoms with Crippen LogP contribution in [-0.2, 0) is 20.7 Å². The lowest BCUT2D eigenvalue weighted by molar-refractivity contribution is -0.143. The predicted octanol–water partition coefficient (Wildman–Crippen LogP) is 2.14. The van der Waals surface area contributed by atoms with Gasteiger partial charge in [-0.3, -0.25) is 9.59 Å². The molecular weight excluding hydrogens is 400 g/mol. The summed E-state index contributed by atoms with van der Waals surface area (Å²) in [5.74, 6) is -1.94. The number of methoxy groups -OCH3 is 1. The minimum Gasteiger partial charge on any atom is -0.504 e. The summed E-state index contributed by atoms with van der Waals surface area (Å²) in [5.41, 5.74) is 6.90. The zero-order valence-electron chi connectivity index (χ0n) is 17.5. The van der Waals surface area contributed by atoms with Crippen LogP contribution < -0.4 is 11.1 Å². The lowest BCUT2D eigenvalue weighted by Gasteiger charge is -2.29. The quantitative estimate of drug-likeness (QED) is 0.347. The second-order valence-electron chi connectivity index (χ2n) is 7.44. The topological polar surface area (TPSA) is 142 Å². The Morgan fingerprint density at radius 3 is 2.39 bits per heavy atom. The van der Waals surface area contributed by atoms with E-state index in [-0.39, 0.29) is 35.8 Å². The molecule has 2 aromatic carbocycles. The molecule has 0 spiro atoms. The second-order valence-corrected chi connectivity index (χ2v) is 7.44. The Balaban J connectivity index is 0.000000225. The third-order valence-electron chi connectivity index (χ3n) is 5.18. The number of hydrogen-bond donors (Lipinski definition) is 5. The number of ether oxygens (including phenoxy) is 1. The average molecular weight is 431 g/mol. The van der Waals surface area contributed by atoms with Gasteiger partial charge in [-0.05, 0) is 49.1 Å². The van der Waals surface area contributed by atoms with Crippen LogP contribution in [0, 0.1) is 0 Å². The Hall–Kier alpha value is -3.10. The highest BCUT2D eigenvalue weighted by Crippen LogP contribution is 2.26. The van der Waals surface area contributed by atoms with Crippen LogP contribution in [0.15, 0.2) is 48.5 Å². The lowest BCUT2D eigenvalue weighted by atomic mass is 9.86. The monoisotopic (exact) mass is 430 g/mol. The Labute approximate surface area is 181 Å². The van der Waals surface area contributed by atoms with Gasteiger partial charge in [-0.1, -0.05) is 42.8 Å². The average Bonchev–Trinajstić information content (AvgIpc) is 2.78. The number of phenolic OH excluding ortho intramolecular Hbond substituents is 2. The van der Waals surface area contributed by atoms with Gasteiger partial charge in [-0.25, -0.2) is 0 Å². The van der Waals surface area contributed by atoms with Crippen LogP contribution in [0.4, 0.5) is 0 Å². The van der Waals surface area contributed by atoms with Gasteiger partial charge in [-0.2, -0.15) is 0 Å². The van der Waals surface area contributed by atoms with Crippen LogP contribution in [0.3, 0.4) is 0 Å². The van der Waals surface area contributed by atoms with Crippen LogP contribution in [0.1, 0.15) is 36.3 Å². The summed E-state index contributed by atoms with van der Waals surface area (Å²) in [6.45, 7) is 0.991. The van der Waals surface area contributed by atoms with E-state index in [1.54, 1.807) is 0 Å². The summed E-state index contributed by atoms with van der Waals surface area (Å²) in [5, 5.41) is 30.1. The van der Waals surface area contributed by atoms with E-state index in [1.165, 1.54) is 38.2 Å². The van der Waals surface area contributed by atoms with Crippen molar-refractivity contribution in [1.29, 1.82) is 0 Å². The number of carboxylic acids is 1. The molecule has 1 aliphatic heterocycles. The molecule has 168 valence electrons. The fourth-order valence-corrected chi connectivity index (χ4v) is 3.52. The van der Waals surface area contributed by atoms with E-state index in [1.807, 2.05) is 30.3 Å². The van der Waals surface area contributed by atoms with Gasteiger partial charge in [0.05, 0.1) is 13.0 Å². The maximum absolute atomic E-state index is 11.9. The molecule has 8 nitrogen and oxygen atoms in total. The van der Waals surface area contributed by atoms with Gasteiger partial charge >= 0.3 is 11.9 Å². The highest BCUT2D eigenvalue weighted by atomic mass is 16.5. The molecule has 2 unspecified atom stereocenters. The van der Waals surface area contributed by atoms with Gasteiger partial charge in [0.2, 0.25) is 0 Å². The van der Waals surface area contributed by atoms with Gasteiger partial charge in [0.1, 0.15) is 6.04 Å². The molecule has 31 heavy (non-hydrogen) atoms. The molecule has 1 saturated heterocycles. The first-order valence-electron chi connectivity index (χ1n) is 10.2. The molecule has 0 amide bonds. The smallest absolute Gasteiger partial charge is 0.320 e. The number of nitrogens with one attached hydrogen (secondary N) is 1. The van der Waals surface area contributed by atoms with Crippen molar-refractivity contribution in [3.05, 3.63) is 59.7 Å². The van der Waals surface area contributed by atoms with Gasteiger partial charge in [0, 0.05) is 6.04 Å². The predicted molar refractivity (Wildman–Crippen MR) is 116 cm³/mol. The maximum atomic E-state index is 11.9. The van der Waals surface area contributed by atoms with Crippen molar-refractivity contribution < 1.29 is 29.6 Å². The summed E-state index contributed by atoms with van der Waals surface area (Å²) < 4.78 is 4.94. The van der Waals surface area contributed by atoms with Crippen molar-refractivity contribution in [2.45, 2.75) is 43.7 Å². The number of piperidine rings is 1. The fraction of sp³-hybridized carbons (Fsp3) is 0.391. The van der Waals surface area contributed by atoms with Gasteiger partial charge < -0.3 is 31.1 Å². The number of benzene rings is 2. The summed E-state index contributed by atoms with van der Waals surface area (Å²) in [6.07, 6.45) is 3.52. The molecule has 0 aromatic heterocycles. The van der Waals surface area contributed by atoms with E-state index in [2.05, 4.69) is 5.32 Å². The van der Waals surface area contributed by atoms with Crippen LogP contribution in [-0.4, -0.2) is 53.0 Å². The third kappa shape index (κ3) is 7.27. The van der Waals surface area contributed by atoms with Crippen molar-refractivity contribution in [2.75, 3.05) is 13.7 Å². The third-order valence-corrected chi connectivity index (χ3v) is 5.18. The number of hydrogen-bond acceptors (Lipinski definition) is 7. The number of nitrogens with two attached hydrogens (primary N) is 1. The molecule has 1 aliphatic rings. The number of carbonyl (C=O) groups is 2. The van der Waals surface area contributed by atoms with Gasteiger partial charge in [-0.15, -0.1) is 0 Å². The number of rotatable bonds is 6. The minimum atomic E-state index is -1.10. The molecule has 8 heteroatoms. The molecule has 0 bridgehead atoms. The first-order valence-corrected chi connectivity index (χ1v) is 10.2. The SMILES string of the molecule is COC(=O)C(c1ccccc1)C1CCCCN1.N[C@@H](Cc1ccc(O)c(O)c1)C(=O)O. The molecule has 1 fully saturated rings. The molecule has 0 aliphatic carbocycles. The molecular formula is C23H30N2O6. The standard InChI is InChI=1S/C14H19NO2.C9H11NO4/c1-17-14(16)13(11-7-3-2-4-8-11)12-9-5-6-10-15-12;10-6(9(13)14)3-5-1-2-7(11)8(12)4-5/h2-4,7-8,12-13,15H,5-6,9-10H2,1H3;1-2,4,6,11-12H,3,10H2,(H,13,14)/t;6-/m.0/s1. The van der Waals surface area contributed by atoms with Crippen molar-refractivity contribution in [1.82, 2.24) is 5.32 Å². The number of carboxylic acid groups (broad SMARTS) is 1. The van der Waals surface area contributed by atoms with E-state index in [0.29, 0.717) is 5.56 Å². The Morgan fingerprint density at radius 2 is 1.84 bits per heavy atom. The van der Waals surface area contributed by atoms with Crippen LogP contribution in [0.5, 0.6) is 11.5 Å². The summed E-state index contributed by atoms with van der Waals surface area (Å²) in [4.78, 5) is 22.4. The van der Waals surface area contributed by atoms with E-state index in [9.17, 15) is 9.59 Å². The Bertz CT molecular complexity index is 852.